The first-order chi connectivity index (χ1) is 7.58. The van der Waals surface area contributed by atoms with Crippen molar-refractivity contribution in [1.29, 1.82) is 0 Å². The number of nitrogens with zero attached hydrogens (tertiary/aromatic N) is 2. The lowest BCUT2D eigenvalue weighted by molar-refractivity contribution is 0.101. The van der Waals surface area contributed by atoms with E-state index in [-0.39, 0.29) is 5.96 Å². The number of guanidine groups is 1. The molecular formula is C6H3Cl6N3O2. The van der Waals surface area contributed by atoms with Crippen LogP contribution in [0, 0.1) is 0 Å². The molecule has 96 valence electrons. The molecule has 1 heterocycles. The molecule has 0 radical (unpaired) electrons. The van der Waals surface area contributed by atoms with Crippen LogP contribution >= 0.6 is 69.6 Å². The minimum absolute atomic E-state index is 0.191. The van der Waals surface area contributed by atoms with E-state index in [0.29, 0.717) is 0 Å². The summed E-state index contributed by atoms with van der Waals surface area (Å²) in [5, 5.41) is 2.13. The molecule has 1 atom stereocenters. The zero-order valence-electron chi connectivity index (χ0n) is 7.63. The van der Waals surface area contributed by atoms with Crippen LogP contribution in [0.15, 0.2) is 9.98 Å². The van der Waals surface area contributed by atoms with Gasteiger partial charge in [-0.25, -0.2) is 14.8 Å². The Morgan fingerprint density at radius 2 is 1.88 bits per heavy atom. The van der Waals surface area contributed by atoms with Crippen LogP contribution in [0.25, 0.3) is 0 Å². The van der Waals surface area contributed by atoms with Gasteiger partial charge in [0, 0.05) is 0 Å². The summed E-state index contributed by atoms with van der Waals surface area (Å²) in [5.74, 6) is -0.191. The molecule has 0 saturated heterocycles. The lowest BCUT2D eigenvalue weighted by Crippen LogP contribution is -2.43. The number of hydrogen-bond acceptors (Lipinski definition) is 4. The summed E-state index contributed by atoms with van der Waals surface area (Å²) in [6, 6.07) is 0. The number of ether oxygens (including phenoxy) is 1. The first-order valence-corrected chi connectivity index (χ1v) is 6.09. The van der Waals surface area contributed by atoms with Crippen LogP contribution in [0.2, 0.25) is 0 Å². The highest BCUT2D eigenvalue weighted by Crippen LogP contribution is 2.34. The summed E-state index contributed by atoms with van der Waals surface area (Å²) in [7, 11) is 0. The van der Waals surface area contributed by atoms with Gasteiger partial charge in [0.25, 0.3) is 0 Å². The Hall–Kier alpha value is 0.350. The third-order valence-electron chi connectivity index (χ3n) is 1.29. The van der Waals surface area contributed by atoms with E-state index in [9.17, 15) is 4.79 Å². The van der Waals surface area contributed by atoms with Gasteiger partial charge in [0.2, 0.25) is 19.8 Å². The number of nitrogens with one attached hydrogen (secondary N) is 1. The van der Waals surface area contributed by atoms with Gasteiger partial charge in [-0.05, 0) is 0 Å². The number of carbonyl (C=O) groups excluding carboxylic acids is 1. The Bertz CT molecular complexity index is 371. The highest BCUT2D eigenvalue weighted by Gasteiger charge is 2.39. The second-order valence-electron chi connectivity index (χ2n) is 2.68. The molecule has 5 nitrogen and oxygen atoms in total. The van der Waals surface area contributed by atoms with Gasteiger partial charge < -0.3 is 4.74 Å². The van der Waals surface area contributed by atoms with Crippen molar-refractivity contribution < 1.29 is 9.53 Å². The SMILES string of the molecule is O=C1NC(/N=C/C(Cl)(Cl)Cl)=NC(C(Cl)(Cl)Cl)O1. The van der Waals surface area contributed by atoms with E-state index in [2.05, 4.69) is 20.0 Å². The molecule has 1 unspecified atom stereocenters. The van der Waals surface area contributed by atoms with Crippen molar-refractivity contribution >= 4 is 87.9 Å². The van der Waals surface area contributed by atoms with Gasteiger partial charge in [-0.2, -0.15) is 0 Å². The fourth-order valence-corrected chi connectivity index (χ4v) is 1.16. The first-order valence-electron chi connectivity index (χ1n) is 3.82. The van der Waals surface area contributed by atoms with E-state index in [1.807, 2.05) is 0 Å². The zero-order valence-corrected chi connectivity index (χ0v) is 12.2. The molecule has 0 bridgehead atoms. The van der Waals surface area contributed by atoms with E-state index in [4.69, 9.17) is 69.6 Å². The predicted octanol–water partition coefficient (Wildman–Crippen LogP) is 3.22. The third kappa shape index (κ3) is 5.68. The number of rotatable bonds is 0. The number of carbonyl (C=O) groups is 1. The summed E-state index contributed by atoms with van der Waals surface area (Å²) in [5.41, 5.74) is 0. The summed E-state index contributed by atoms with van der Waals surface area (Å²) in [4.78, 5) is 18.4. The van der Waals surface area contributed by atoms with Crippen LogP contribution < -0.4 is 5.32 Å². The molecule has 0 fully saturated rings. The Morgan fingerprint density at radius 3 is 2.35 bits per heavy atom. The number of halogens is 6. The second-order valence-corrected chi connectivity index (χ2v) is 7.41. The zero-order chi connectivity index (χ0) is 13.3. The van der Waals surface area contributed by atoms with Gasteiger partial charge in [0.15, 0.2) is 0 Å². The Labute approximate surface area is 126 Å². The van der Waals surface area contributed by atoms with E-state index >= 15 is 0 Å². The predicted molar refractivity (Wildman–Crippen MR) is 69.9 cm³/mol. The highest BCUT2D eigenvalue weighted by molar-refractivity contribution is 6.74. The van der Waals surface area contributed by atoms with Crippen molar-refractivity contribution in [2.45, 2.75) is 13.8 Å². The average molecular weight is 362 g/mol. The minimum atomic E-state index is -1.92. The van der Waals surface area contributed by atoms with Crippen molar-refractivity contribution in [1.82, 2.24) is 5.32 Å². The van der Waals surface area contributed by atoms with Crippen LogP contribution in [-0.2, 0) is 4.74 Å². The molecule has 1 aliphatic rings. The van der Waals surface area contributed by atoms with Crippen LogP contribution in [0.4, 0.5) is 4.79 Å². The van der Waals surface area contributed by atoms with Crippen molar-refractivity contribution in [3.63, 3.8) is 0 Å². The quantitative estimate of drug-likeness (QED) is 0.532. The highest BCUT2D eigenvalue weighted by atomic mass is 35.6. The van der Waals surface area contributed by atoms with Crippen LogP contribution in [-0.4, -0.2) is 32.1 Å². The number of alkyl carbamates (subject to hydrolysis) is 1. The smallest absolute Gasteiger partial charge is 0.416 e. The third-order valence-corrected chi connectivity index (χ3v) is 2.14. The standard InChI is InChI=1S/C6H3Cl6N3O2/c7-5(8,9)1-13-3-14-2(6(10,11)12)17-4(16)15-3/h1-2H,(H,14,15,16)/b13-1+. The molecule has 0 aromatic carbocycles. The van der Waals surface area contributed by atoms with Gasteiger partial charge in [0.1, 0.15) is 0 Å². The van der Waals surface area contributed by atoms with Gasteiger partial charge >= 0.3 is 6.09 Å². The Kier molecular flexibility index (Phi) is 5.03. The average Bonchev–Trinajstić information content (AvgIpc) is 2.11. The Balaban J connectivity index is 2.88. The fraction of sp³-hybridized carbons (Fsp3) is 0.500. The molecule has 1 amide bonds. The van der Waals surface area contributed by atoms with Crippen molar-refractivity contribution in [2.24, 2.45) is 9.98 Å². The molecule has 11 heteroatoms. The molecule has 0 spiro atoms. The lowest BCUT2D eigenvalue weighted by atomic mass is 10.6. The van der Waals surface area contributed by atoms with Crippen molar-refractivity contribution in [3.05, 3.63) is 0 Å². The van der Waals surface area contributed by atoms with Gasteiger partial charge in [-0.15, -0.1) is 0 Å². The number of alkyl halides is 6. The van der Waals surface area contributed by atoms with Gasteiger partial charge in [-0.3, -0.25) is 5.32 Å². The van der Waals surface area contributed by atoms with Crippen molar-refractivity contribution in [3.8, 4) is 0 Å². The number of hydrogen-bond donors (Lipinski definition) is 1. The number of cyclic esters (lactones) is 1. The summed E-state index contributed by atoms with van der Waals surface area (Å²) in [6.45, 7) is 0. The van der Waals surface area contributed by atoms with Gasteiger partial charge in [-0.1, -0.05) is 69.6 Å². The molecule has 1 N–H and O–H groups in total. The van der Waals surface area contributed by atoms with Crippen LogP contribution in [0.1, 0.15) is 0 Å². The minimum Gasteiger partial charge on any atom is -0.418 e. The molecule has 0 saturated carbocycles. The summed E-state index contributed by atoms with van der Waals surface area (Å²) in [6.07, 6.45) is -1.28. The van der Waals surface area contributed by atoms with Crippen molar-refractivity contribution in [2.75, 3.05) is 0 Å². The van der Waals surface area contributed by atoms with Gasteiger partial charge in [0.05, 0.1) is 6.21 Å². The molecule has 1 aliphatic heterocycles. The topological polar surface area (TPSA) is 63.0 Å². The van der Waals surface area contributed by atoms with E-state index in [0.717, 1.165) is 6.21 Å². The first kappa shape index (κ1) is 15.4. The lowest BCUT2D eigenvalue weighted by Gasteiger charge is -2.24. The van der Waals surface area contributed by atoms with E-state index in [1.165, 1.54) is 0 Å². The maximum atomic E-state index is 11.1. The van der Waals surface area contributed by atoms with E-state index in [1.54, 1.807) is 0 Å². The molecule has 0 aromatic rings. The summed E-state index contributed by atoms with van der Waals surface area (Å²) >= 11 is 32.8. The van der Waals surface area contributed by atoms with Crippen LogP contribution in [0.3, 0.4) is 0 Å². The van der Waals surface area contributed by atoms with E-state index < -0.39 is 19.9 Å². The van der Waals surface area contributed by atoms with Crippen LogP contribution in [0.5, 0.6) is 0 Å². The molecule has 0 aromatic heterocycles. The fourth-order valence-electron chi connectivity index (χ4n) is 0.732. The number of amides is 1. The molecule has 17 heavy (non-hydrogen) atoms. The monoisotopic (exact) mass is 359 g/mol. The molecule has 1 rings (SSSR count). The normalized spacial score (nSPS) is 22.1. The molecule has 0 aliphatic carbocycles. The molecular weight excluding hydrogens is 359 g/mol. The number of aliphatic imine (C=N–C) groups is 2. The Morgan fingerprint density at radius 1 is 1.29 bits per heavy atom. The maximum Gasteiger partial charge on any atom is 0.416 e. The second kappa shape index (κ2) is 5.55. The largest absolute Gasteiger partial charge is 0.418 e. The summed E-state index contributed by atoms with van der Waals surface area (Å²) < 4.78 is 0.953. The maximum absolute atomic E-state index is 11.1.